The van der Waals surface area contributed by atoms with E-state index in [9.17, 15) is 4.79 Å². The van der Waals surface area contributed by atoms with Crippen molar-refractivity contribution in [2.75, 3.05) is 27.9 Å². The van der Waals surface area contributed by atoms with Crippen molar-refractivity contribution in [2.45, 2.75) is 37.3 Å². The molecular weight excluding hydrogens is 386 g/mol. The van der Waals surface area contributed by atoms with Crippen molar-refractivity contribution < 1.29 is 14.3 Å². The molecule has 0 unspecified atom stereocenters. The molecule has 1 heterocycles. The van der Waals surface area contributed by atoms with Crippen LogP contribution in [-0.2, 0) is 9.53 Å². The predicted molar refractivity (Wildman–Crippen MR) is 99.9 cm³/mol. The van der Waals surface area contributed by atoms with Gasteiger partial charge in [0.25, 0.3) is 0 Å². The molecule has 1 amide bonds. The van der Waals surface area contributed by atoms with E-state index in [0.29, 0.717) is 12.6 Å². The van der Waals surface area contributed by atoms with E-state index in [1.54, 1.807) is 19.1 Å². The van der Waals surface area contributed by atoms with Crippen LogP contribution in [0.1, 0.15) is 31.7 Å². The molecule has 3 rings (SSSR count). The van der Waals surface area contributed by atoms with Crippen molar-refractivity contribution in [3.63, 3.8) is 0 Å². The average molecular weight is 410 g/mol. The van der Waals surface area contributed by atoms with E-state index in [4.69, 9.17) is 14.6 Å². The van der Waals surface area contributed by atoms with Gasteiger partial charge in [-0.3, -0.25) is 9.48 Å². The number of fused-ring (bicyclic) bond motifs is 1. The lowest BCUT2D eigenvalue weighted by Crippen LogP contribution is -2.51. The summed E-state index contributed by atoms with van der Waals surface area (Å²) in [6.07, 6.45) is 6.75. The van der Waals surface area contributed by atoms with Crippen LogP contribution in [0.15, 0.2) is 22.8 Å². The van der Waals surface area contributed by atoms with Gasteiger partial charge in [-0.25, -0.2) is 0 Å². The largest absolute Gasteiger partial charge is 0.495 e. The Kier molecular flexibility index (Phi) is 5.34. The van der Waals surface area contributed by atoms with Gasteiger partial charge in [0.05, 0.1) is 35.3 Å². The number of nitrogens with zero attached hydrogens (tertiary/aromatic N) is 3. The van der Waals surface area contributed by atoms with Gasteiger partial charge >= 0.3 is 0 Å². The molecule has 0 bridgehead atoms. The summed E-state index contributed by atoms with van der Waals surface area (Å²) in [7, 11) is 5.19. The standard InChI is InChI=1S/C18H24BrN3O3/c1-21(12-23)18(11-24-2)6-4-14(5-7-18)22-10-13-8-15(19)17(25-3)9-16(13)20-22/h8-10,12,14H,4-7,11H2,1-3H3. The smallest absolute Gasteiger partial charge is 0.209 e. The van der Waals surface area contributed by atoms with Crippen LogP contribution in [0.4, 0.5) is 0 Å². The van der Waals surface area contributed by atoms with Gasteiger partial charge in [0, 0.05) is 31.8 Å². The molecule has 0 radical (unpaired) electrons. The van der Waals surface area contributed by atoms with Gasteiger partial charge in [0.1, 0.15) is 5.75 Å². The number of rotatable bonds is 6. The number of amides is 1. The normalized spacial score (nSPS) is 23.6. The quantitative estimate of drug-likeness (QED) is 0.686. The number of aromatic nitrogens is 2. The molecule has 1 aliphatic carbocycles. The minimum Gasteiger partial charge on any atom is -0.495 e. The zero-order valence-electron chi connectivity index (χ0n) is 14.9. The first-order valence-corrected chi connectivity index (χ1v) is 9.22. The Morgan fingerprint density at radius 2 is 2.12 bits per heavy atom. The summed E-state index contributed by atoms with van der Waals surface area (Å²) in [6, 6.07) is 4.33. The molecule has 0 atom stereocenters. The van der Waals surface area contributed by atoms with Crippen molar-refractivity contribution in [1.29, 1.82) is 0 Å². The third kappa shape index (κ3) is 3.40. The van der Waals surface area contributed by atoms with Crippen LogP contribution in [0.2, 0.25) is 0 Å². The highest BCUT2D eigenvalue weighted by Crippen LogP contribution is 2.39. The topological polar surface area (TPSA) is 56.6 Å². The summed E-state index contributed by atoms with van der Waals surface area (Å²) >= 11 is 3.52. The molecule has 6 nitrogen and oxygen atoms in total. The zero-order chi connectivity index (χ0) is 18.0. The van der Waals surface area contributed by atoms with Crippen molar-refractivity contribution in [3.05, 3.63) is 22.8 Å². The van der Waals surface area contributed by atoms with Crippen molar-refractivity contribution in [2.24, 2.45) is 0 Å². The first-order valence-electron chi connectivity index (χ1n) is 8.42. The minimum atomic E-state index is -0.203. The first-order chi connectivity index (χ1) is 12.0. The van der Waals surface area contributed by atoms with Gasteiger partial charge in [-0.1, -0.05) is 0 Å². The molecule has 7 heteroatoms. The number of likely N-dealkylation sites (N-methyl/N-ethyl adjacent to an activating group) is 1. The molecule has 0 saturated heterocycles. The second-order valence-electron chi connectivity index (χ2n) is 6.76. The molecule has 1 fully saturated rings. The van der Waals surface area contributed by atoms with Gasteiger partial charge in [0.15, 0.2) is 0 Å². The molecule has 1 aliphatic rings. The molecule has 0 spiro atoms. The van der Waals surface area contributed by atoms with Gasteiger partial charge in [-0.05, 0) is 47.7 Å². The average Bonchev–Trinajstić information content (AvgIpc) is 3.03. The van der Waals surface area contributed by atoms with E-state index in [-0.39, 0.29) is 5.54 Å². The van der Waals surface area contributed by atoms with E-state index in [0.717, 1.165) is 53.2 Å². The number of hydrogen-bond donors (Lipinski definition) is 0. The maximum atomic E-state index is 11.3. The van der Waals surface area contributed by atoms with Crippen molar-refractivity contribution >= 4 is 33.2 Å². The number of hydrogen-bond acceptors (Lipinski definition) is 4. The Morgan fingerprint density at radius 1 is 1.40 bits per heavy atom. The second-order valence-corrected chi connectivity index (χ2v) is 7.61. The number of carbonyl (C=O) groups excluding carboxylic acids is 1. The van der Waals surface area contributed by atoms with Gasteiger partial charge in [0.2, 0.25) is 6.41 Å². The fraction of sp³-hybridized carbons (Fsp3) is 0.556. The van der Waals surface area contributed by atoms with Gasteiger partial charge in [-0.2, -0.15) is 5.10 Å². The summed E-state index contributed by atoms with van der Waals surface area (Å²) in [5.74, 6) is 0.785. The van der Waals surface area contributed by atoms with E-state index >= 15 is 0 Å². The molecule has 1 saturated carbocycles. The molecule has 0 N–H and O–H groups in total. The summed E-state index contributed by atoms with van der Waals surface area (Å²) in [5.41, 5.74) is 0.727. The highest BCUT2D eigenvalue weighted by Gasteiger charge is 2.39. The summed E-state index contributed by atoms with van der Waals surface area (Å²) in [6.45, 7) is 0.570. The molecule has 0 aliphatic heterocycles. The zero-order valence-corrected chi connectivity index (χ0v) is 16.5. The Balaban J connectivity index is 1.80. The van der Waals surface area contributed by atoms with Gasteiger partial charge < -0.3 is 14.4 Å². The van der Waals surface area contributed by atoms with Crippen molar-refractivity contribution in [1.82, 2.24) is 14.7 Å². The second kappa shape index (κ2) is 7.33. The summed E-state index contributed by atoms with van der Waals surface area (Å²) in [4.78, 5) is 13.1. The Labute approximate surface area is 156 Å². The third-order valence-electron chi connectivity index (χ3n) is 5.37. The van der Waals surface area contributed by atoms with E-state index in [2.05, 4.69) is 26.8 Å². The maximum absolute atomic E-state index is 11.3. The minimum absolute atomic E-state index is 0.203. The fourth-order valence-electron chi connectivity index (χ4n) is 3.77. The van der Waals surface area contributed by atoms with Crippen LogP contribution in [0, 0.1) is 0 Å². The summed E-state index contributed by atoms with van der Waals surface area (Å²) in [5, 5.41) is 5.84. The predicted octanol–water partition coefficient (Wildman–Crippen LogP) is 3.40. The van der Waals surface area contributed by atoms with Gasteiger partial charge in [-0.15, -0.1) is 0 Å². The van der Waals surface area contributed by atoms with Crippen LogP contribution in [-0.4, -0.2) is 54.5 Å². The molecular formula is C18H24BrN3O3. The van der Waals surface area contributed by atoms with Crippen LogP contribution in [0.3, 0.4) is 0 Å². The SMILES string of the molecule is COCC1(N(C)C=O)CCC(n2cc3cc(Br)c(OC)cc3n2)CC1. The highest BCUT2D eigenvalue weighted by atomic mass is 79.9. The molecule has 1 aromatic carbocycles. The molecule has 1 aromatic heterocycles. The van der Waals surface area contributed by atoms with Crippen LogP contribution in [0.25, 0.3) is 10.9 Å². The number of halogens is 1. The maximum Gasteiger partial charge on any atom is 0.209 e. The lowest BCUT2D eigenvalue weighted by atomic mass is 9.79. The summed E-state index contributed by atoms with van der Waals surface area (Å²) < 4.78 is 13.7. The van der Waals surface area contributed by atoms with E-state index in [1.807, 2.05) is 19.2 Å². The number of methoxy groups -OCH3 is 2. The molecule has 136 valence electrons. The monoisotopic (exact) mass is 409 g/mol. The Morgan fingerprint density at radius 3 is 2.72 bits per heavy atom. The van der Waals surface area contributed by atoms with Crippen LogP contribution in [0.5, 0.6) is 5.75 Å². The highest BCUT2D eigenvalue weighted by molar-refractivity contribution is 9.10. The Bertz CT molecular complexity index is 753. The lowest BCUT2D eigenvalue weighted by Gasteiger charge is -2.44. The van der Waals surface area contributed by atoms with E-state index in [1.165, 1.54) is 0 Å². The number of benzene rings is 1. The van der Waals surface area contributed by atoms with Crippen LogP contribution < -0.4 is 4.74 Å². The molecule has 2 aromatic rings. The third-order valence-corrected chi connectivity index (χ3v) is 5.99. The number of carbonyl (C=O) groups is 1. The van der Waals surface area contributed by atoms with Crippen molar-refractivity contribution in [3.8, 4) is 5.75 Å². The molecule has 25 heavy (non-hydrogen) atoms. The van der Waals surface area contributed by atoms with E-state index < -0.39 is 0 Å². The number of ether oxygens (including phenoxy) is 2. The lowest BCUT2D eigenvalue weighted by molar-refractivity contribution is -0.126. The Hall–Kier alpha value is -1.60. The van der Waals surface area contributed by atoms with Crippen LogP contribution >= 0.6 is 15.9 Å². The fourth-order valence-corrected chi connectivity index (χ4v) is 4.29. The first kappa shape index (κ1) is 18.2.